The predicted molar refractivity (Wildman–Crippen MR) is 65.5 cm³/mol. The molecule has 18 heavy (non-hydrogen) atoms. The second-order valence-corrected chi connectivity index (χ2v) is 3.67. The highest BCUT2D eigenvalue weighted by atomic mass is 32.2. The number of carbonyl (C=O) groups is 1. The largest absolute Gasteiger partial charge is 0.450 e. The van der Waals surface area contributed by atoms with Crippen LogP contribution in [0.3, 0.4) is 0 Å². The van der Waals surface area contributed by atoms with Crippen molar-refractivity contribution in [1.82, 2.24) is 9.97 Å². The third kappa shape index (κ3) is 3.20. The Bertz CT molecular complexity index is 481. The van der Waals surface area contributed by atoms with E-state index in [-0.39, 0.29) is 23.4 Å². The van der Waals surface area contributed by atoms with Crippen molar-refractivity contribution < 1.29 is 14.5 Å². The van der Waals surface area contributed by atoms with Gasteiger partial charge in [0.15, 0.2) is 5.16 Å². The van der Waals surface area contributed by atoms with Crippen LogP contribution < -0.4 is 11.1 Å². The van der Waals surface area contributed by atoms with Crippen molar-refractivity contribution in [1.29, 1.82) is 0 Å². The van der Waals surface area contributed by atoms with Crippen molar-refractivity contribution >= 4 is 35.2 Å². The van der Waals surface area contributed by atoms with Gasteiger partial charge < -0.3 is 10.5 Å². The molecule has 1 amide bonds. The molecule has 10 heteroatoms. The summed E-state index contributed by atoms with van der Waals surface area (Å²) in [5.74, 6) is -0.596. The Hall–Kier alpha value is -2.10. The number of aromatic nitrogens is 2. The first-order valence-electron chi connectivity index (χ1n) is 4.79. The molecule has 0 radical (unpaired) electrons. The van der Waals surface area contributed by atoms with E-state index >= 15 is 0 Å². The fraction of sp³-hybridized carbons (Fsp3) is 0.375. The zero-order valence-electron chi connectivity index (χ0n) is 9.67. The van der Waals surface area contributed by atoms with Crippen LogP contribution in [0.15, 0.2) is 5.16 Å². The van der Waals surface area contributed by atoms with Crippen molar-refractivity contribution in [2.75, 3.05) is 23.9 Å². The topological polar surface area (TPSA) is 133 Å². The number of carbonyl (C=O) groups excluding carboxylic acids is 1. The molecule has 1 aromatic heterocycles. The lowest BCUT2D eigenvalue weighted by atomic mass is 10.4. The van der Waals surface area contributed by atoms with E-state index in [2.05, 4.69) is 20.0 Å². The molecule has 3 N–H and O–H groups in total. The van der Waals surface area contributed by atoms with Crippen LogP contribution >= 0.6 is 11.8 Å². The highest BCUT2D eigenvalue weighted by Gasteiger charge is 2.24. The number of ether oxygens (including phenoxy) is 1. The van der Waals surface area contributed by atoms with Crippen LogP contribution in [0.4, 0.5) is 22.1 Å². The number of anilines is 2. The van der Waals surface area contributed by atoms with Crippen molar-refractivity contribution in [2.24, 2.45) is 0 Å². The molecule has 1 rings (SSSR count). The number of hydrogen-bond donors (Lipinski definition) is 2. The van der Waals surface area contributed by atoms with Crippen molar-refractivity contribution in [3.8, 4) is 0 Å². The molecule has 0 saturated carbocycles. The first-order valence-corrected chi connectivity index (χ1v) is 6.01. The molecule has 0 aliphatic rings. The molecule has 0 aliphatic carbocycles. The summed E-state index contributed by atoms with van der Waals surface area (Å²) in [6, 6.07) is 0. The number of nitrogens with one attached hydrogen (secondary N) is 1. The lowest BCUT2D eigenvalue weighted by Gasteiger charge is -2.07. The lowest BCUT2D eigenvalue weighted by molar-refractivity contribution is -0.383. The third-order valence-corrected chi connectivity index (χ3v) is 2.30. The van der Waals surface area contributed by atoms with Gasteiger partial charge in [0.1, 0.15) is 0 Å². The minimum absolute atomic E-state index is 0.135. The molecule has 0 spiro atoms. The minimum Gasteiger partial charge on any atom is -0.450 e. The summed E-state index contributed by atoms with van der Waals surface area (Å²) in [7, 11) is 0. The van der Waals surface area contributed by atoms with E-state index in [1.807, 2.05) is 0 Å². The van der Waals surface area contributed by atoms with Crippen LogP contribution in [-0.4, -0.2) is 33.8 Å². The molecule has 1 aromatic rings. The Morgan fingerprint density at radius 3 is 2.78 bits per heavy atom. The van der Waals surface area contributed by atoms with Gasteiger partial charge in [-0.15, -0.1) is 0 Å². The zero-order chi connectivity index (χ0) is 13.7. The molecule has 1 heterocycles. The molecule has 0 bridgehead atoms. The summed E-state index contributed by atoms with van der Waals surface area (Å²) >= 11 is 1.14. The zero-order valence-corrected chi connectivity index (χ0v) is 10.5. The Morgan fingerprint density at radius 2 is 2.28 bits per heavy atom. The molecule has 98 valence electrons. The van der Waals surface area contributed by atoms with E-state index in [0.29, 0.717) is 0 Å². The molecule has 9 nitrogen and oxygen atoms in total. The minimum atomic E-state index is -0.842. The van der Waals surface area contributed by atoms with Gasteiger partial charge in [0.25, 0.3) is 0 Å². The van der Waals surface area contributed by atoms with Gasteiger partial charge in [-0.25, -0.2) is 4.79 Å². The molecule has 0 aromatic carbocycles. The van der Waals surface area contributed by atoms with Crippen LogP contribution in [0.25, 0.3) is 0 Å². The van der Waals surface area contributed by atoms with E-state index in [0.717, 1.165) is 11.8 Å². The van der Waals surface area contributed by atoms with E-state index < -0.39 is 16.7 Å². The smallest absolute Gasteiger partial charge is 0.412 e. The number of nitro groups is 1. The van der Waals surface area contributed by atoms with Gasteiger partial charge >= 0.3 is 11.8 Å². The number of nitrogen functional groups attached to an aromatic ring is 1. The van der Waals surface area contributed by atoms with Gasteiger partial charge in [-0.2, -0.15) is 9.97 Å². The number of nitrogens with zero attached hydrogens (tertiary/aromatic N) is 3. The Morgan fingerprint density at radius 1 is 1.61 bits per heavy atom. The van der Waals surface area contributed by atoms with Crippen LogP contribution in [-0.2, 0) is 4.74 Å². The third-order valence-electron chi connectivity index (χ3n) is 1.75. The maximum absolute atomic E-state index is 11.2. The Labute approximate surface area is 106 Å². The quantitative estimate of drug-likeness (QED) is 0.362. The van der Waals surface area contributed by atoms with Gasteiger partial charge in [0.05, 0.1) is 11.5 Å². The normalized spacial score (nSPS) is 9.89. The van der Waals surface area contributed by atoms with Crippen LogP contribution in [0.1, 0.15) is 6.92 Å². The van der Waals surface area contributed by atoms with Gasteiger partial charge in [-0.3, -0.25) is 15.4 Å². The SMILES string of the molecule is CCOC(=O)Nc1nc(SC)nc(N)c1[N+](=O)[O-]. The molecule has 0 fully saturated rings. The van der Waals surface area contributed by atoms with Crippen LogP contribution in [0.5, 0.6) is 0 Å². The summed E-state index contributed by atoms with van der Waals surface area (Å²) in [6.45, 7) is 1.74. The van der Waals surface area contributed by atoms with Gasteiger partial charge in [0.2, 0.25) is 11.6 Å². The summed E-state index contributed by atoms with van der Waals surface area (Å²) in [5.41, 5.74) is 4.90. The van der Waals surface area contributed by atoms with Crippen molar-refractivity contribution in [3.05, 3.63) is 10.1 Å². The fourth-order valence-corrected chi connectivity index (χ4v) is 1.45. The summed E-state index contributed by atoms with van der Waals surface area (Å²) in [5, 5.41) is 13.2. The summed E-state index contributed by atoms with van der Waals surface area (Å²) in [6.07, 6.45) is 0.833. The average molecular weight is 273 g/mol. The summed E-state index contributed by atoms with van der Waals surface area (Å²) in [4.78, 5) is 28.8. The van der Waals surface area contributed by atoms with Gasteiger partial charge in [0, 0.05) is 0 Å². The predicted octanol–water partition coefficient (Wildman–Crippen LogP) is 1.26. The van der Waals surface area contributed by atoms with Crippen LogP contribution in [0, 0.1) is 10.1 Å². The number of rotatable bonds is 4. The lowest BCUT2D eigenvalue weighted by Crippen LogP contribution is -2.17. The number of nitrogens with two attached hydrogens (primary N) is 1. The monoisotopic (exact) mass is 273 g/mol. The molecule has 0 atom stereocenters. The van der Waals surface area contributed by atoms with Gasteiger partial charge in [-0.1, -0.05) is 11.8 Å². The standard InChI is InChI=1S/C8H11N5O4S/c1-3-17-8(14)12-6-4(13(15)16)5(9)10-7(11-6)18-2/h3H2,1-2H3,(H3,9,10,11,12,14). The Kier molecular flexibility index (Phi) is 4.66. The number of amides is 1. The molecule has 0 unspecified atom stereocenters. The second kappa shape index (κ2) is 6.00. The highest BCUT2D eigenvalue weighted by molar-refractivity contribution is 7.98. The average Bonchev–Trinajstić information content (AvgIpc) is 2.27. The highest BCUT2D eigenvalue weighted by Crippen LogP contribution is 2.29. The van der Waals surface area contributed by atoms with Crippen molar-refractivity contribution in [3.63, 3.8) is 0 Å². The van der Waals surface area contributed by atoms with E-state index in [4.69, 9.17) is 5.73 Å². The summed E-state index contributed by atoms with van der Waals surface area (Å²) < 4.78 is 4.61. The molecule has 0 saturated heterocycles. The number of hydrogen-bond acceptors (Lipinski definition) is 8. The van der Waals surface area contributed by atoms with Gasteiger partial charge in [-0.05, 0) is 13.2 Å². The van der Waals surface area contributed by atoms with E-state index in [1.165, 1.54) is 0 Å². The van der Waals surface area contributed by atoms with Crippen molar-refractivity contribution in [2.45, 2.75) is 12.1 Å². The molecule has 0 aliphatic heterocycles. The van der Waals surface area contributed by atoms with Crippen LogP contribution in [0.2, 0.25) is 0 Å². The molecular weight excluding hydrogens is 262 g/mol. The first kappa shape index (κ1) is 14.0. The maximum atomic E-state index is 11.2. The molecular formula is C8H11N5O4S. The Balaban J connectivity index is 3.17. The van der Waals surface area contributed by atoms with E-state index in [1.54, 1.807) is 13.2 Å². The first-order chi connectivity index (χ1) is 8.49. The number of thioether (sulfide) groups is 1. The second-order valence-electron chi connectivity index (χ2n) is 2.90. The fourth-order valence-electron chi connectivity index (χ4n) is 1.07. The van der Waals surface area contributed by atoms with E-state index in [9.17, 15) is 14.9 Å². The maximum Gasteiger partial charge on any atom is 0.412 e.